The summed E-state index contributed by atoms with van der Waals surface area (Å²) in [5.41, 5.74) is 5.66. The molecule has 0 bridgehead atoms. The van der Waals surface area contributed by atoms with Gasteiger partial charge in [-0.15, -0.1) is 0 Å². The second kappa shape index (κ2) is 7.40. The van der Waals surface area contributed by atoms with E-state index in [0.717, 1.165) is 25.6 Å². The summed E-state index contributed by atoms with van der Waals surface area (Å²) < 4.78 is 5.21. The van der Waals surface area contributed by atoms with Crippen LogP contribution >= 0.6 is 0 Å². The highest BCUT2D eigenvalue weighted by Gasteiger charge is 2.17. The van der Waals surface area contributed by atoms with Gasteiger partial charge in [0.15, 0.2) is 9.76 Å². The van der Waals surface area contributed by atoms with Crippen molar-refractivity contribution in [3.8, 4) is 0 Å². The lowest BCUT2D eigenvalue weighted by Crippen LogP contribution is -2.27. The van der Waals surface area contributed by atoms with Crippen molar-refractivity contribution in [2.75, 3.05) is 19.7 Å². The standard InChI is InChI=1S/C6H14N2.C4H10OSi/c1-5(7)6-2-3-8-4-6;1-2-4-6-5-3-1/h5-6,8H,2-4,7H2,1H3;1-4,6H2. The van der Waals surface area contributed by atoms with Gasteiger partial charge < -0.3 is 15.5 Å². The molecule has 2 rings (SSSR count). The second-order valence-electron chi connectivity index (χ2n) is 4.29. The number of hydrogen-bond donors (Lipinski definition) is 2. The van der Waals surface area contributed by atoms with Crippen LogP contribution in [-0.2, 0) is 4.43 Å². The fourth-order valence-electron chi connectivity index (χ4n) is 1.81. The van der Waals surface area contributed by atoms with Gasteiger partial charge in [0.2, 0.25) is 0 Å². The summed E-state index contributed by atoms with van der Waals surface area (Å²) in [6, 6.07) is 1.80. The largest absolute Gasteiger partial charge is 0.424 e. The highest BCUT2D eigenvalue weighted by molar-refractivity contribution is 6.27. The zero-order chi connectivity index (χ0) is 10.2. The van der Waals surface area contributed by atoms with Crippen molar-refractivity contribution in [1.29, 1.82) is 0 Å². The first-order chi connectivity index (χ1) is 6.80. The molecule has 2 heterocycles. The predicted octanol–water partition coefficient (Wildman–Crippen LogP) is 0.242. The molecule has 3 N–H and O–H groups in total. The van der Waals surface area contributed by atoms with E-state index in [1.54, 1.807) is 0 Å². The van der Waals surface area contributed by atoms with E-state index < -0.39 is 0 Å². The highest BCUT2D eigenvalue weighted by atomic mass is 28.2. The average molecular weight is 216 g/mol. The van der Waals surface area contributed by atoms with Crippen LogP contribution in [0.15, 0.2) is 0 Å². The van der Waals surface area contributed by atoms with Crippen LogP contribution in [0, 0.1) is 5.92 Å². The second-order valence-corrected chi connectivity index (χ2v) is 5.81. The van der Waals surface area contributed by atoms with Crippen LogP contribution < -0.4 is 11.1 Å². The van der Waals surface area contributed by atoms with E-state index in [9.17, 15) is 0 Å². The van der Waals surface area contributed by atoms with Gasteiger partial charge in [0.25, 0.3) is 0 Å². The molecule has 84 valence electrons. The van der Waals surface area contributed by atoms with Gasteiger partial charge in [-0.3, -0.25) is 0 Å². The van der Waals surface area contributed by atoms with Crippen molar-refractivity contribution in [1.82, 2.24) is 5.32 Å². The lowest BCUT2D eigenvalue weighted by molar-refractivity contribution is 0.304. The van der Waals surface area contributed by atoms with Gasteiger partial charge in [-0.25, -0.2) is 0 Å². The Labute approximate surface area is 89.7 Å². The number of hydrogen-bond acceptors (Lipinski definition) is 3. The summed E-state index contributed by atoms with van der Waals surface area (Å²) in [5, 5.41) is 3.27. The van der Waals surface area contributed by atoms with E-state index in [-0.39, 0.29) is 9.76 Å². The number of nitrogens with two attached hydrogens (primary N) is 1. The van der Waals surface area contributed by atoms with Crippen molar-refractivity contribution in [2.45, 2.75) is 38.3 Å². The van der Waals surface area contributed by atoms with Gasteiger partial charge in [0.1, 0.15) is 0 Å². The molecule has 3 nitrogen and oxygen atoms in total. The minimum Gasteiger partial charge on any atom is -0.424 e. The van der Waals surface area contributed by atoms with Crippen LogP contribution in [0.2, 0.25) is 6.04 Å². The van der Waals surface area contributed by atoms with Gasteiger partial charge in [-0.1, -0.05) is 6.42 Å². The molecule has 0 aromatic rings. The average Bonchev–Trinajstić information content (AvgIpc) is 2.74. The maximum atomic E-state index is 5.66. The Morgan fingerprint density at radius 2 is 2.36 bits per heavy atom. The van der Waals surface area contributed by atoms with Gasteiger partial charge in [0.05, 0.1) is 0 Å². The Morgan fingerprint density at radius 1 is 1.50 bits per heavy atom. The molecule has 0 amide bonds. The van der Waals surface area contributed by atoms with Crippen molar-refractivity contribution in [3.63, 3.8) is 0 Å². The third-order valence-corrected chi connectivity index (χ3v) is 4.29. The molecule has 0 aromatic heterocycles. The fraction of sp³-hybridized carbons (Fsp3) is 1.00. The molecule has 2 saturated heterocycles. The van der Waals surface area contributed by atoms with Crippen LogP contribution in [0.3, 0.4) is 0 Å². The van der Waals surface area contributed by atoms with Crippen LogP contribution in [0.1, 0.15) is 26.2 Å². The highest BCUT2D eigenvalue weighted by Crippen LogP contribution is 2.09. The van der Waals surface area contributed by atoms with E-state index in [2.05, 4.69) is 12.2 Å². The molecule has 2 aliphatic rings. The van der Waals surface area contributed by atoms with Crippen LogP contribution in [0.25, 0.3) is 0 Å². The molecule has 0 radical (unpaired) electrons. The van der Waals surface area contributed by atoms with E-state index in [1.165, 1.54) is 25.3 Å². The zero-order valence-corrected chi connectivity index (χ0v) is 10.7. The summed E-state index contributed by atoms with van der Waals surface area (Å²) in [5.74, 6) is 0.731. The molecular weight excluding hydrogens is 192 g/mol. The van der Waals surface area contributed by atoms with Gasteiger partial charge in [-0.05, 0) is 44.8 Å². The Balaban J connectivity index is 0.000000146. The third kappa shape index (κ3) is 5.10. The minimum absolute atomic E-state index is 0.00849. The first kappa shape index (κ1) is 12.2. The van der Waals surface area contributed by atoms with Crippen molar-refractivity contribution in [3.05, 3.63) is 0 Å². The van der Waals surface area contributed by atoms with Crippen LogP contribution in [-0.4, -0.2) is 35.5 Å². The topological polar surface area (TPSA) is 47.3 Å². The summed E-state index contributed by atoms with van der Waals surface area (Å²) in [6.45, 7) is 5.42. The SMILES string of the molecule is C1CC[SiH2]OC1.CC(N)C1CCNC1. The fourth-order valence-corrected chi connectivity index (χ4v) is 2.98. The molecule has 2 fully saturated rings. The number of nitrogens with one attached hydrogen (secondary N) is 1. The lowest BCUT2D eigenvalue weighted by Gasteiger charge is -2.10. The van der Waals surface area contributed by atoms with E-state index >= 15 is 0 Å². The lowest BCUT2D eigenvalue weighted by atomic mass is 10.0. The summed E-state index contributed by atoms with van der Waals surface area (Å²) >= 11 is 0. The molecule has 0 aromatic carbocycles. The monoisotopic (exact) mass is 216 g/mol. The Bertz CT molecular complexity index is 123. The quantitative estimate of drug-likeness (QED) is 0.617. The Kier molecular flexibility index (Phi) is 6.43. The van der Waals surface area contributed by atoms with Crippen LogP contribution in [0.4, 0.5) is 0 Å². The third-order valence-electron chi connectivity index (χ3n) is 2.92. The normalized spacial score (nSPS) is 30.9. The molecular formula is C10H24N2OSi. The minimum atomic E-state index is 0.00849. The Morgan fingerprint density at radius 3 is 2.57 bits per heavy atom. The van der Waals surface area contributed by atoms with Gasteiger partial charge in [0, 0.05) is 12.6 Å². The smallest absolute Gasteiger partial charge is 0.161 e. The molecule has 4 heteroatoms. The molecule has 2 aliphatic heterocycles. The van der Waals surface area contributed by atoms with Crippen molar-refractivity contribution in [2.24, 2.45) is 11.7 Å². The predicted molar refractivity (Wildman–Crippen MR) is 63.2 cm³/mol. The van der Waals surface area contributed by atoms with E-state index in [4.69, 9.17) is 10.2 Å². The first-order valence-electron chi connectivity index (χ1n) is 5.84. The zero-order valence-electron chi connectivity index (χ0n) is 9.30. The molecule has 0 spiro atoms. The molecule has 0 saturated carbocycles. The maximum Gasteiger partial charge on any atom is 0.161 e. The Hall–Kier alpha value is 0.0969. The van der Waals surface area contributed by atoms with E-state index in [1.807, 2.05) is 0 Å². The molecule has 0 aliphatic carbocycles. The van der Waals surface area contributed by atoms with Gasteiger partial charge >= 0.3 is 0 Å². The van der Waals surface area contributed by atoms with Crippen molar-refractivity contribution >= 4 is 9.76 Å². The molecule has 2 unspecified atom stereocenters. The molecule has 14 heavy (non-hydrogen) atoms. The first-order valence-corrected chi connectivity index (χ1v) is 7.42. The van der Waals surface area contributed by atoms with E-state index in [0.29, 0.717) is 6.04 Å². The van der Waals surface area contributed by atoms with Crippen LogP contribution in [0.5, 0.6) is 0 Å². The maximum absolute atomic E-state index is 5.66. The summed E-state index contributed by atoms with van der Waals surface area (Å²) in [7, 11) is 0.00849. The van der Waals surface area contributed by atoms with Gasteiger partial charge in [-0.2, -0.15) is 0 Å². The summed E-state index contributed by atoms with van der Waals surface area (Å²) in [6.07, 6.45) is 4.01. The summed E-state index contributed by atoms with van der Waals surface area (Å²) in [4.78, 5) is 0. The number of rotatable bonds is 1. The molecule has 2 atom stereocenters. The van der Waals surface area contributed by atoms with Crippen molar-refractivity contribution < 1.29 is 4.43 Å².